The van der Waals surface area contributed by atoms with E-state index in [1.165, 1.54) is 6.20 Å². The number of hydrogen-bond acceptors (Lipinski definition) is 6. The number of thiophene rings is 1. The van der Waals surface area contributed by atoms with Crippen molar-refractivity contribution in [2.45, 2.75) is 33.3 Å². The third-order valence-electron chi connectivity index (χ3n) is 3.43. The second kappa shape index (κ2) is 6.37. The monoisotopic (exact) mass is 331 g/mol. The molecule has 120 valence electrons. The summed E-state index contributed by atoms with van der Waals surface area (Å²) in [5, 5.41) is 8.71. The van der Waals surface area contributed by atoms with E-state index >= 15 is 0 Å². The fraction of sp³-hybridized carbons (Fsp3) is 0.312. The lowest BCUT2D eigenvalue weighted by Crippen LogP contribution is -2.08. The number of rotatable bonds is 5. The molecule has 3 heterocycles. The summed E-state index contributed by atoms with van der Waals surface area (Å²) < 4.78 is 11.0. The molecule has 0 spiro atoms. The molecular weight excluding hydrogens is 314 g/mol. The molecule has 6 nitrogen and oxygen atoms in total. The molecule has 0 aromatic carbocycles. The number of aromatic amines is 1. The minimum Gasteiger partial charge on any atom is -0.455 e. The summed E-state index contributed by atoms with van der Waals surface area (Å²) in [6, 6.07) is 3.87. The normalized spacial score (nSPS) is 11.1. The summed E-state index contributed by atoms with van der Waals surface area (Å²) >= 11 is 1.55. The Balaban J connectivity index is 1.71. The molecule has 7 heteroatoms. The van der Waals surface area contributed by atoms with Crippen LogP contribution in [0.2, 0.25) is 0 Å². The summed E-state index contributed by atoms with van der Waals surface area (Å²) in [6.07, 6.45) is 1.49. The van der Waals surface area contributed by atoms with Crippen LogP contribution in [-0.2, 0) is 11.3 Å². The molecule has 23 heavy (non-hydrogen) atoms. The van der Waals surface area contributed by atoms with E-state index < -0.39 is 5.97 Å². The number of aryl methyl sites for hydroxylation is 1. The van der Waals surface area contributed by atoms with Crippen molar-refractivity contribution in [1.82, 2.24) is 15.2 Å². The zero-order chi connectivity index (χ0) is 16.4. The lowest BCUT2D eigenvalue weighted by Gasteiger charge is -2.06. The fourth-order valence-corrected chi connectivity index (χ4v) is 2.83. The van der Waals surface area contributed by atoms with Crippen molar-refractivity contribution >= 4 is 17.3 Å². The maximum atomic E-state index is 12.2. The number of esters is 1. The van der Waals surface area contributed by atoms with Crippen molar-refractivity contribution < 1.29 is 13.9 Å². The number of ether oxygens (including phenoxy) is 1. The van der Waals surface area contributed by atoms with Gasteiger partial charge in [-0.2, -0.15) is 5.10 Å². The number of H-pyrrole nitrogens is 1. The molecule has 1 N–H and O–H groups in total. The first kappa shape index (κ1) is 15.5. The molecule has 0 saturated heterocycles. The molecular formula is C16H17N3O3S. The molecule has 0 aliphatic carbocycles. The average molecular weight is 331 g/mol. The van der Waals surface area contributed by atoms with E-state index in [0.717, 1.165) is 10.6 Å². The van der Waals surface area contributed by atoms with E-state index in [-0.39, 0.29) is 12.5 Å². The summed E-state index contributed by atoms with van der Waals surface area (Å²) in [4.78, 5) is 17.6. The first-order valence-corrected chi connectivity index (χ1v) is 8.14. The number of hydrogen-bond donors (Lipinski definition) is 1. The van der Waals surface area contributed by atoms with E-state index in [0.29, 0.717) is 22.9 Å². The Morgan fingerprint density at radius 2 is 2.30 bits per heavy atom. The standard InChI is InChI=1S/C16H17N3O3S/c1-9(2)14-11(7-17-19-14)16(20)21-8-12-10(3)22-15(18-12)13-5-4-6-23-13/h4-7,9H,8H2,1-3H3,(H,17,19). The second-order valence-corrected chi connectivity index (χ2v) is 6.38. The second-order valence-electron chi connectivity index (χ2n) is 5.43. The smallest absolute Gasteiger partial charge is 0.342 e. The van der Waals surface area contributed by atoms with Gasteiger partial charge in [-0.05, 0) is 24.3 Å². The third kappa shape index (κ3) is 3.19. The van der Waals surface area contributed by atoms with Crippen molar-refractivity contribution in [1.29, 1.82) is 0 Å². The van der Waals surface area contributed by atoms with Gasteiger partial charge in [0.05, 0.1) is 16.8 Å². The van der Waals surface area contributed by atoms with Crippen molar-refractivity contribution in [3.63, 3.8) is 0 Å². The zero-order valence-electron chi connectivity index (χ0n) is 13.1. The van der Waals surface area contributed by atoms with Gasteiger partial charge < -0.3 is 9.15 Å². The summed E-state index contributed by atoms with van der Waals surface area (Å²) in [5.74, 6) is 0.953. The van der Waals surface area contributed by atoms with E-state index in [1.54, 1.807) is 11.3 Å². The molecule has 0 amide bonds. The maximum Gasteiger partial charge on any atom is 0.342 e. The van der Waals surface area contributed by atoms with Crippen LogP contribution in [0, 0.1) is 6.92 Å². The molecule has 0 aliphatic rings. The van der Waals surface area contributed by atoms with Gasteiger partial charge in [0.1, 0.15) is 23.6 Å². The van der Waals surface area contributed by atoms with Crippen LogP contribution in [-0.4, -0.2) is 21.2 Å². The highest BCUT2D eigenvalue weighted by atomic mass is 32.1. The Hall–Kier alpha value is -2.41. The molecule has 3 aromatic heterocycles. The highest BCUT2D eigenvalue weighted by molar-refractivity contribution is 7.13. The Labute approximate surface area is 137 Å². The molecule has 0 bridgehead atoms. The summed E-state index contributed by atoms with van der Waals surface area (Å²) in [7, 11) is 0. The van der Waals surface area contributed by atoms with E-state index in [4.69, 9.17) is 9.15 Å². The van der Waals surface area contributed by atoms with Crippen molar-refractivity contribution in [2.75, 3.05) is 0 Å². The minimum atomic E-state index is -0.414. The number of oxazole rings is 1. The number of carbonyl (C=O) groups is 1. The Kier molecular flexibility index (Phi) is 4.29. The lowest BCUT2D eigenvalue weighted by molar-refractivity contribution is 0.0465. The van der Waals surface area contributed by atoms with Gasteiger partial charge in [-0.3, -0.25) is 5.10 Å². The Morgan fingerprint density at radius 1 is 1.48 bits per heavy atom. The van der Waals surface area contributed by atoms with Crippen LogP contribution in [0.25, 0.3) is 10.8 Å². The van der Waals surface area contributed by atoms with E-state index in [1.807, 2.05) is 38.3 Å². The predicted octanol–water partition coefficient (Wildman–Crippen LogP) is 3.92. The highest BCUT2D eigenvalue weighted by Crippen LogP contribution is 2.26. The zero-order valence-corrected chi connectivity index (χ0v) is 13.9. The Bertz CT molecular complexity index is 803. The van der Waals surface area contributed by atoms with Gasteiger partial charge in [0, 0.05) is 0 Å². The van der Waals surface area contributed by atoms with Crippen LogP contribution in [0.4, 0.5) is 0 Å². The van der Waals surface area contributed by atoms with Gasteiger partial charge in [0.15, 0.2) is 0 Å². The van der Waals surface area contributed by atoms with Crippen LogP contribution >= 0.6 is 11.3 Å². The SMILES string of the molecule is Cc1oc(-c2cccs2)nc1COC(=O)c1cn[nH]c1C(C)C. The van der Waals surface area contributed by atoms with Gasteiger partial charge in [-0.15, -0.1) is 11.3 Å². The maximum absolute atomic E-state index is 12.2. The van der Waals surface area contributed by atoms with Gasteiger partial charge in [-0.25, -0.2) is 9.78 Å². The van der Waals surface area contributed by atoms with Crippen LogP contribution in [0.1, 0.15) is 47.3 Å². The van der Waals surface area contributed by atoms with E-state index in [9.17, 15) is 4.79 Å². The summed E-state index contributed by atoms with van der Waals surface area (Å²) in [5.41, 5.74) is 1.85. The molecule has 3 rings (SSSR count). The average Bonchev–Trinajstić information content (AvgIpc) is 3.25. The van der Waals surface area contributed by atoms with Crippen LogP contribution in [0.15, 0.2) is 28.1 Å². The highest BCUT2D eigenvalue weighted by Gasteiger charge is 2.19. The topological polar surface area (TPSA) is 81.0 Å². The Morgan fingerprint density at radius 3 is 3.00 bits per heavy atom. The molecule has 0 fully saturated rings. The van der Waals surface area contributed by atoms with Gasteiger partial charge >= 0.3 is 5.97 Å². The predicted molar refractivity (Wildman–Crippen MR) is 86.3 cm³/mol. The van der Waals surface area contributed by atoms with Gasteiger partial charge in [0.25, 0.3) is 0 Å². The number of nitrogens with one attached hydrogen (secondary N) is 1. The molecule has 0 saturated carbocycles. The first-order chi connectivity index (χ1) is 11.1. The largest absolute Gasteiger partial charge is 0.455 e. The molecule has 3 aromatic rings. The van der Waals surface area contributed by atoms with Gasteiger partial charge in [-0.1, -0.05) is 19.9 Å². The number of carbonyl (C=O) groups excluding carboxylic acids is 1. The number of nitrogens with zero attached hydrogens (tertiary/aromatic N) is 2. The number of aromatic nitrogens is 3. The molecule has 0 aliphatic heterocycles. The van der Waals surface area contributed by atoms with Crippen molar-refractivity contribution in [2.24, 2.45) is 0 Å². The first-order valence-electron chi connectivity index (χ1n) is 7.26. The fourth-order valence-electron chi connectivity index (χ4n) is 2.18. The van der Waals surface area contributed by atoms with Gasteiger partial charge in [0.2, 0.25) is 5.89 Å². The van der Waals surface area contributed by atoms with Crippen LogP contribution in [0.5, 0.6) is 0 Å². The molecule has 0 radical (unpaired) electrons. The van der Waals surface area contributed by atoms with Crippen LogP contribution < -0.4 is 0 Å². The van der Waals surface area contributed by atoms with Crippen LogP contribution in [0.3, 0.4) is 0 Å². The lowest BCUT2D eigenvalue weighted by atomic mass is 10.1. The van der Waals surface area contributed by atoms with Crippen molar-refractivity contribution in [3.8, 4) is 10.8 Å². The molecule has 0 atom stereocenters. The minimum absolute atomic E-state index is 0.0717. The van der Waals surface area contributed by atoms with Crippen molar-refractivity contribution in [3.05, 3.63) is 46.4 Å². The molecule has 0 unspecified atom stereocenters. The van der Waals surface area contributed by atoms with E-state index in [2.05, 4.69) is 15.2 Å². The third-order valence-corrected chi connectivity index (χ3v) is 4.29. The quantitative estimate of drug-likeness (QED) is 0.717. The summed E-state index contributed by atoms with van der Waals surface area (Å²) in [6.45, 7) is 5.85.